The number of hydrogen-bond acceptors (Lipinski definition) is 3. The maximum atomic E-state index is 9.84. The molecule has 166 valence electrons. The van der Waals surface area contributed by atoms with Crippen molar-refractivity contribution in [3.05, 3.63) is 68.6 Å². The quantitative estimate of drug-likeness (QED) is 0.180. The van der Waals surface area contributed by atoms with E-state index in [0.717, 1.165) is 32.9 Å². The second-order valence-corrected chi connectivity index (χ2v) is 10.3. The van der Waals surface area contributed by atoms with Crippen LogP contribution in [0.1, 0.15) is 82.3 Å². The van der Waals surface area contributed by atoms with E-state index in [1.54, 1.807) is 0 Å². The fourth-order valence-electron chi connectivity index (χ4n) is 3.87. The molecule has 0 atom stereocenters. The third-order valence-corrected chi connectivity index (χ3v) is 7.02. The SMILES string of the molecule is CCCCCCCCCCCC(OP(O)O)(c1ccc(Br)cc1)c1ccc(Br)cc1. The van der Waals surface area contributed by atoms with Crippen molar-refractivity contribution in [1.29, 1.82) is 0 Å². The van der Waals surface area contributed by atoms with Crippen LogP contribution in [0, 0.1) is 0 Å². The highest BCUT2D eigenvalue weighted by molar-refractivity contribution is 9.10. The Morgan fingerprint density at radius 1 is 0.700 bits per heavy atom. The van der Waals surface area contributed by atoms with Crippen LogP contribution in [-0.2, 0) is 10.1 Å². The van der Waals surface area contributed by atoms with E-state index in [0.29, 0.717) is 6.42 Å². The van der Waals surface area contributed by atoms with Crippen LogP contribution in [0.3, 0.4) is 0 Å². The van der Waals surface area contributed by atoms with E-state index in [1.807, 2.05) is 48.5 Å². The van der Waals surface area contributed by atoms with Crippen molar-refractivity contribution in [2.24, 2.45) is 0 Å². The highest BCUT2D eigenvalue weighted by atomic mass is 79.9. The molecular formula is C24H33Br2O3P. The monoisotopic (exact) mass is 558 g/mol. The number of hydrogen-bond donors (Lipinski definition) is 2. The van der Waals surface area contributed by atoms with Gasteiger partial charge in [0.1, 0.15) is 5.60 Å². The largest absolute Gasteiger partial charge is 0.328 e. The summed E-state index contributed by atoms with van der Waals surface area (Å²) < 4.78 is 7.87. The van der Waals surface area contributed by atoms with Crippen molar-refractivity contribution in [1.82, 2.24) is 0 Å². The lowest BCUT2D eigenvalue weighted by atomic mass is 9.82. The molecule has 0 fully saturated rings. The Bertz CT molecular complexity index is 675. The Morgan fingerprint density at radius 2 is 1.10 bits per heavy atom. The van der Waals surface area contributed by atoms with E-state index in [9.17, 15) is 9.79 Å². The fraction of sp³-hybridized carbons (Fsp3) is 0.500. The lowest BCUT2D eigenvalue weighted by Gasteiger charge is -2.35. The molecular weight excluding hydrogens is 527 g/mol. The zero-order valence-corrected chi connectivity index (χ0v) is 21.8. The number of halogens is 2. The van der Waals surface area contributed by atoms with Gasteiger partial charge < -0.3 is 9.79 Å². The van der Waals surface area contributed by atoms with E-state index in [2.05, 4.69) is 38.8 Å². The molecule has 0 radical (unpaired) electrons. The van der Waals surface area contributed by atoms with Crippen LogP contribution in [-0.4, -0.2) is 9.79 Å². The molecule has 0 heterocycles. The molecule has 3 nitrogen and oxygen atoms in total. The highest BCUT2D eigenvalue weighted by Gasteiger charge is 2.37. The van der Waals surface area contributed by atoms with Crippen LogP contribution in [0.4, 0.5) is 0 Å². The first-order chi connectivity index (χ1) is 14.5. The molecule has 2 aromatic rings. The van der Waals surface area contributed by atoms with E-state index < -0.39 is 14.2 Å². The second kappa shape index (κ2) is 14.0. The van der Waals surface area contributed by atoms with Crippen LogP contribution in [0.5, 0.6) is 0 Å². The third kappa shape index (κ3) is 8.33. The number of unbranched alkanes of at least 4 members (excludes halogenated alkanes) is 8. The molecule has 2 N–H and O–H groups in total. The zero-order valence-electron chi connectivity index (χ0n) is 17.7. The maximum absolute atomic E-state index is 9.84. The molecule has 2 rings (SSSR count). The van der Waals surface area contributed by atoms with Crippen LogP contribution in [0.15, 0.2) is 57.5 Å². The van der Waals surface area contributed by atoms with Gasteiger partial charge in [0.15, 0.2) is 0 Å². The number of rotatable bonds is 14. The molecule has 0 spiro atoms. The van der Waals surface area contributed by atoms with Gasteiger partial charge in [-0.1, -0.05) is 114 Å². The summed E-state index contributed by atoms with van der Waals surface area (Å²) in [6.45, 7) is 2.25. The van der Waals surface area contributed by atoms with Crippen molar-refractivity contribution in [3.63, 3.8) is 0 Å². The Balaban J connectivity index is 2.12. The van der Waals surface area contributed by atoms with Gasteiger partial charge in [0, 0.05) is 8.95 Å². The molecule has 0 aromatic heterocycles. The molecule has 0 amide bonds. The smallest absolute Gasteiger partial charge is 0.328 e. The molecule has 0 bridgehead atoms. The van der Waals surface area contributed by atoms with Gasteiger partial charge in [-0.05, 0) is 48.2 Å². The van der Waals surface area contributed by atoms with Crippen molar-refractivity contribution in [2.45, 2.75) is 76.7 Å². The molecule has 2 aromatic carbocycles. The summed E-state index contributed by atoms with van der Waals surface area (Å²) >= 11 is 6.98. The molecule has 30 heavy (non-hydrogen) atoms. The normalized spacial score (nSPS) is 11.9. The zero-order chi connectivity index (χ0) is 21.8. The maximum Gasteiger partial charge on any atom is 0.328 e. The van der Waals surface area contributed by atoms with Crippen molar-refractivity contribution < 1.29 is 14.3 Å². The fourth-order valence-corrected chi connectivity index (χ4v) is 4.98. The van der Waals surface area contributed by atoms with Gasteiger partial charge in [0.25, 0.3) is 0 Å². The highest BCUT2D eigenvalue weighted by Crippen LogP contribution is 2.47. The predicted molar refractivity (Wildman–Crippen MR) is 133 cm³/mol. The Hall–Kier alpha value is -0.290. The Labute approximate surface area is 199 Å². The van der Waals surface area contributed by atoms with Gasteiger partial charge in [-0.25, -0.2) is 0 Å². The molecule has 0 unspecified atom stereocenters. The molecule has 0 aliphatic rings. The van der Waals surface area contributed by atoms with E-state index >= 15 is 0 Å². The average molecular weight is 560 g/mol. The van der Waals surface area contributed by atoms with Crippen LogP contribution in [0.25, 0.3) is 0 Å². The second-order valence-electron chi connectivity index (χ2n) is 7.76. The van der Waals surface area contributed by atoms with Crippen molar-refractivity contribution >= 4 is 40.5 Å². The minimum absolute atomic E-state index is 0.700. The average Bonchev–Trinajstić information content (AvgIpc) is 2.72. The standard InChI is InChI=1S/C24H33Br2O3P/c1-2-3-4-5-6-7-8-9-10-19-24(29-30(27)28,20-11-15-22(25)16-12-20)21-13-17-23(26)18-14-21/h11-18,27-28H,2-10,19H2,1H3. The van der Waals surface area contributed by atoms with Crippen molar-refractivity contribution in [2.75, 3.05) is 0 Å². The molecule has 0 aliphatic heterocycles. The topological polar surface area (TPSA) is 49.7 Å². The van der Waals surface area contributed by atoms with E-state index in [1.165, 1.54) is 44.9 Å². The van der Waals surface area contributed by atoms with Crippen LogP contribution >= 0.6 is 40.5 Å². The van der Waals surface area contributed by atoms with Gasteiger partial charge in [0.2, 0.25) is 0 Å². The summed E-state index contributed by atoms with van der Waals surface area (Å²) in [4.78, 5) is 19.7. The van der Waals surface area contributed by atoms with Gasteiger partial charge >= 0.3 is 8.60 Å². The predicted octanol–water partition coefficient (Wildman–Crippen LogP) is 8.60. The molecule has 0 aliphatic carbocycles. The summed E-state index contributed by atoms with van der Waals surface area (Å²) in [5, 5.41) is 0. The number of benzene rings is 2. The minimum Gasteiger partial charge on any atom is -0.328 e. The van der Waals surface area contributed by atoms with Crippen LogP contribution < -0.4 is 0 Å². The van der Waals surface area contributed by atoms with Gasteiger partial charge in [-0.3, -0.25) is 4.52 Å². The Morgan fingerprint density at radius 3 is 1.50 bits per heavy atom. The lowest BCUT2D eigenvalue weighted by molar-refractivity contribution is 0.0790. The lowest BCUT2D eigenvalue weighted by Crippen LogP contribution is -2.30. The van der Waals surface area contributed by atoms with E-state index in [4.69, 9.17) is 4.52 Å². The summed E-state index contributed by atoms with van der Waals surface area (Å²) in [5.41, 5.74) is 0.990. The van der Waals surface area contributed by atoms with Gasteiger partial charge in [0.05, 0.1) is 0 Å². The van der Waals surface area contributed by atoms with Crippen LogP contribution in [0.2, 0.25) is 0 Å². The first-order valence-electron chi connectivity index (χ1n) is 10.9. The first kappa shape index (κ1) is 26.0. The molecule has 0 saturated heterocycles. The summed E-state index contributed by atoms with van der Waals surface area (Å²) in [5.74, 6) is 0. The Kier molecular flexibility index (Phi) is 12.1. The van der Waals surface area contributed by atoms with Gasteiger partial charge in [-0.2, -0.15) is 0 Å². The minimum atomic E-state index is -2.51. The van der Waals surface area contributed by atoms with Crippen molar-refractivity contribution in [3.8, 4) is 0 Å². The summed E-state index contributed by atoms with van der Waals surface area (Å²) in [6, 6.07) is 15.9. The summed E-state index contributed by atoms with van der Waals surface area (Å²) in [6.07, 6.45) is 11.8. The molecule has 0 saturated carbocycles. The molecule has 6 heteroatoms. The first-order valence-corrected chi connectivity index (χ1v) is 13.6. The van der Waals surface area contributed by atoms with E-state index in [-0.39, 0.29) is 0 Å². The third-order valence-electron chi connectivity index (χ3n) is 5.49. The van der Waals surface area contributed by atoms with Gasteiger partial charge in [-0.15, -0.1) is 0 Å². The summed E-state index contributed by atoms with van der Waals surface area (Å²) in [7, 11) is -2.51.